The monoisotopic (exact) mass is 361 g/mol. The highest BCUT2D eigenvalue weighted by Gasteiger charge is 2.43. The molecule has 0 saturated carbocycles. The molecule has 0 saturated heterocycles. The van der Waals surface area contributed by atoms with Gasteiger partial charge in [0.2, 0.25) is 5.88 Å². The van der Waals surface area contributed by atoms with E-state index in [-0.39, 0.29) is 17.1 Å². The predicted octanol–water partition coefficient (Wildman–Crippen LogP) is 3.00. The summed E-state index contributed by atoms with van der Waals surface area (Å²) >= 11 is 0. The Balaban J connectivity index is 1.82. The molecule has 3 aromatic rings. The first-order chi connectivity index (χ1) is 12.9. The normalized spacial score (nSPS) is 21.0. The lowest BCUT2D eigenvalue weighted by atomic mass is 9.70. The summed E-state index contributed by atoms with van der Waals surface area (Å²) in [7, 11) is 0. The van der Waals surface area contributed by atoms with Gasteiger partial charge >= 0.3 is 0 Å². The highest BCUT2D eigenvalue weighted by molar-refractivity contribution is 6.00. The van der Waals surface area contributed by atoms with Gasteiger partial charge in [-0.15, -0.1) is 0 Å². The quantitative estimate of drug-likeness (QED) is 0.663. The second-order valence-corrected chi connectivity index (χ2v) is 7.99. The van der Waals surface area contributed by atoms with Crippen LogP contribution >= 0.6 is 0 Å². The molecule has 0 aromatic carbocycles. The molecule has 4 heterocycles. The molecule has 1 aliphatic carbocycles. The smallest absolute Gasteiger partial charge is 0.228 e. The molecule has 2 aliphatic rings. The van der Waals surface area contributed by atoms with E-state index < -0.39 is 0 Å². The van der Waals surface area contributed by atoms with Gasteiger partial charge in [0.25, 0.3) is 0 Å². The fourth-order valence-electron chi connectivity index (χ4n) is 4.13. The summed E-state index contributed by atoms with van der Waals surface area (Å²) in [6.45, 7) is 6.01. The summed E-state index contributed by atoms with van der Waals surface area (Å²) in [5, 5.41) is 4.37. The summed E-state index contributed by atoms with van der Waals surface area (Å²) < 4.78 is 7.80. The SMILES string of the molecule is Cc1nc2c3c(ncn2n1)OC1=C(C(=O)CC(C)(C)C1)C3c1cccnc1. The summed E-state index contributed by atoms with van der Waals surface area (Å²) in [4.78, 5) is 26.5. The van der Waals surface area contributed by atoms with Crippen molar-refractivity contribution >= 4 is 11.4 Å². The van der Waals surface area contributed by atoms with Crippen molar-refractivity contribution in [2.24, 2.45) is 5.41 Å². The Labute approximate surface area is 156 Å². The molecule has 0 fully saturated rings. The largest absolute Gasteiger partial charge is 0.442 e. The summed E-state index contributed by atoms with van der Waals surface area (Å²) in [5.74, 6) is 1.66. The van der Waals surface area contributed by atoms with Gasteiger partial charge in [-0.1, -0.05) is 19.9 Å². The molecule has 1 aliphatic heterocycles. The van der Waals surface area contributed by atoms with Crippen molar-refractivity contribution in [3.05, 3.63) is 59.1 Å². The van der Waals surface area contributed by atoms with Gasteiger partial charge in [0.05, 0.1) is 11.5 Å². The van der Waals surface area contributed by atoms with Crippen molar-refractivity contribution in [2.45, 2.75) is 39.5 Å². The van der Waals surface area contributed by atoms with Crippen LogP contribution in [0.3, 0.4) is 0 Å². The van der Waals surface area contributed by atoms with Crippen LogP contribution in [0, 0.1) is 12.3 Å². The van der Waals surface area contributed by atoms with E-state index in [0.29, 0.717) is 41.5 Å². The number of Topliss-reactive ketones (excluding diaryl/α,β-unsaturated/α-hetero) is 1. The van der Waals surface area contributed by atoms with Gasteiger partial charge in [-0.25, -0.2) is 14.5 Å². The van der Waals surface area contributed by atoms with Crippen molar-refractivity contribution in [1.82, 2.24) is 24.6 Å². The van der Waals surface area contributed by atoms with Crippen LogP contribution in [0.1, 0.15) is 49.6 Å². The third-order valence-electron chi connectivity index (χ3n) is 5.19. The second-order valence-electron chi connectivity index (χ2n) is 7.99. The minimum Gasteiger partial charge on any atom is -0.442 e. The minimum absolute atomic E-state index is 0.110. The van der Waals surface area contributed by atoms with Gasteiger partial charge in [0.15, 0.2) is 11.4 Å². The number of carbonyl (C=O) groups excluding carboxylic acids is 1. The van der Waals surface area contributed by atoms with E-state index in [1.165, 1.54) is 0 Å². The highest BCUT2D eigenvalue weighted by Crippen LogP contribution is 2.50. The fourth-order valence-corrected chi connectivity index (χ4v) is 4.13. The molecule has 5 rings (SSSR count). The van der Waals surface area contributed by atoms with Crippen LogP contribution in [0.2, 0.25) is 0 Å². The first-order valence-corrected chi connectivity index (χ1v) is 8.99. The van der Waals surface area contributed by atoms with Crippen LogP contribution in [0.5, 0.6) is 5.88 Å². The highest BCUT2D eigenvalue weighted by atomic mass is 16.5. The molecule has 27 heavy (non-hydrogen) atoms. The maximum atomic E-state index is 13.2. The van der Waals surface area contributed by atoms with E-state index in [1.807, 2.05) is 19.1 Å². The standard InChI is InChI=1S/C20H19N5O2/c1-11-23-18-17-15(12-5-4-6-21-9-12)16-13(26)7-20(2,3)8-14(16)27-19(17)22-10-25(18)24-11/h4-6,9-10,15H,7-8H2,1-3H3. The van der Waals surface area contributed by atoms with Gasteiger partial charge in [-0.3, -0.25) is 9.78 Å². The Morgan fingerprint density at radius 1 is 1.30 bits per heavy atom. The zero-order valence-corrected chi connectivity index (χ0v) is 15.4. The molecule has 0 N–H and O–H groups in total. The summed E-state index contributed by atoms with van der Waals surface area (Å²) in [6.07, 6.45) is 6.32. The lowest BCUT2D eigenvalue weighted by Crippen LogP contribution is -2.33. The third kappa shape index (κ3) is 2.45. The molecule has 1 atom stereocenters. The number of aromatic nitrogens is 5. The topological polar surface area (TPSA) is 82.3 Å². The molecule has 7 nitrogen and oxygen atoms in total. The van der Waals surface area contributed by atoms with E-state index in [9.17, 15) is 4.79 Å². The lowest BCUT2D eigenvalue weighted by Gasteiger charge is -2.37. The van der Waals surface area contributed by atoms with E-state index >= 15 is 0 Å². The number of hydrogen-bond donors (Lipinski definition) is 0. The lowest BCUT2D eigenvalue weighted by molar-refractivity contribution is -0.118. The molecule has 136 valence electrons. The van der Waals surface area contributed by atoms with Crippen molar-refractivity contribution in [1.29, 1.82) is 0 Å². The molecule has 1 unspecified atom stereocenters. The average molecular weight is 361 g/mol. The molecule has 0 spiro atoms. The van der Waals surface area contributed by atoms with Crippen LogP contribution in [0.4, 0.5) is 0 Å². The van der Waals surface area contributed by atoms with E-state index in [1.54, 1.807) is 23.2 Å². The van der Waals surface area contributed by atoms with Crippen LogP contribution in [0.15, 0.2) is 42.2 Å². The van der Waals surface area contributed by atoms with E-state index in [4.69, 9.17) is 4.74 Å². The van der Waals surface area contributed by atoms with Crippen LogP contribution in [-0.2, 0) is 4.79 Å². The molecule has 0 radical (unpaired) electrons. The minimum atomic E-state index is -0.305. The number of fused-ring (bicyclic) bond motifs is 3. The number of ketones is 1. The summed E-state index contributed by atoms with van der Waals surface area (Å²) in [6, 6.07) is 3.86. The Kier molecular flexibility index (Phi) is 3.25. The number of nitrogens with zero attached hydrogens (tertiary/aromatic N) is 5. The van der Waals surface area contributed by atoms with Crippen molar-refractivity contribution < 1.29 is 9.53 Å². The van der Waals surface area contributed by atoms with Crippen LogP contribution in [-0.4, -0.2) is 30.3 Å². The van der Waals surface area contributed by atoms with Gasteiger partial charge in [-0.05, 0) is 24.0 Å². The molecule has 3 aromatic heterocycles. The van der Waals surface area contributed by atoms with Crippen molar-refractivity contribution in [3.63, 3.8) is 0 Å². The average Bonchev–Trinajstić information content (AvgIpc) is 3.00. The van der Waals surface area contributed by atoms with Gasteiger partial charge in [-0.2, -0.15) is 5.10 Å². The molecular formula is C20H19N5O2. The Morgan fingerprint density at radius 2 is 2.15 bits per heavy atom. The van der Waals surface area contributed by atoms with E-state index in [0.717, 1.165) is 11.1 Å². The van der Waals surface area contributed by atoms with Crippen molar-refractivity contribution in [3.8, 4) is 5.88 Å². The Bertz CT molecular complexity index is 1110. The number of allylic oxidation sites excluding steroid dienone is 2. The number of pyridine rings is 1. The predicted molar refractivity (Wildman–Crippen MR) is 97.3 cm³/mol. The number of hydrogen-bond acceptors (Lipinski definition) is 6. The number of carbonyl (C=O) groups is 1. The molecule has 0 bridgehead atoms. The zero-order chi connectivity index (χ0) is 18.8. The van der Waals surface area contributed by atoms with Gasteiger partial charge in [0, 0.05) is 30.8 Å². The molecule has 0 amide bonds. The van der Waals surface area contributed by atoms with Crippen LogP contribution in [0.25, 0.3) is 5.65 Å². The van der Waals surface area contributed by atoms with Crippen LogP contribution < -0.4 is 4.74 Å². The maximum absolute atomic E-state index is 13.2. The Hall–Kier alpha value is -3.09. The first kappa shape index (κ1) is 16.1. The summed E-state index contributed by atoms with van der Waals surface area (Å²) in [5.41, 5.74) is 2.93. The number of aryl methyl sites for hydroxylation is 1. The van der Waals surface area contributed by atoms with Gasteiger partial charge in [0.1, 0.15) is 17.9 Å². The number of ether oxygens (including phenoxy) is 1. The molecular weight excluding hydrogens is 342 g/mol. The maximum Gasteiger partial charge on any atom is 0.228 e. The zero-order valence-electron chi connectivity index (χ0n) is 15.4. The third-order valence-corrected chi connectivity index (χ3v) is 5.19. The Morgan fingerprint density at radius 3 is 2.93 bits per heavy atom. The number of rotatable bonds is 1. The van der Waals surface area contributed by atoms with Crippen molar-refractivity contribution in [2.75, 3.05) is 0 Å². The van der Waals surface area contributed by atoms with Gasteiger partial charge < -0.3 is 4.74 Å². The van der Waals surface area contributed by atoms with E-state index in [2.05, 4.69) is 33.9 Å². The second kappa shape index (κ2) is 5.45. The molecule has 7 heteroatoms. The fraction of sp³-hybridized carbons (Fsp3) is 0.350. The first-order valence-electron chi connectivity index (χ1n) is 8.99.